The molecule has 1 fully saturated rings. The molecule has 2 unspecified atom stereocenters. The van der Waals surface area contributed by atoms with Crippen LogP contribution in [0.2, 0.25) is 0 Å². The fourth-order valence-electron chi connectivity index (χ4n) is 1.78. The van der Waals surface area contributed by atoms with Gasteiger partial charge in [-0.3, -0.25) is 4.84 Å². The molecule has 1 aliphatic heterocycles. The van der Waals surface area contributed by atoms with E-state index in [1.165, 1.54) is 5.56 Å². The Balaban J connectivity index is 2.04. The van der Waals surface area contributed by atoms with E-state index in [1.54, 1.807) is 0 Å². The number of nitriles is 1. The molecule has 0 spiro atoms. The van der Waals surface area contributed by atoms with Gasteiger partial charge in [0.25, 0.3) is 0 Å². The zero-order valence-corrected chi connectivity index (χ0v) is 8.76. The maximum atomic E-state index is 8.73. The molecule has 15 heavy (non-hydrogen) atoms. The lowest BCUT2D eigenvalue weighted by molar-refractivity contribution is -0.156. The van der Waals surface area contributed by atoms with Crippen LogP contribution in [0.15, 0.2) is 30.3 Å². The largest absolute Gasteiger partial charge is 0.280 e. The Morgan fingerprint density at radius 3 is 2.80 bits per heavy atom. The van der Waals surface area contributed by atoms with Gasteiger partial charge in [-0.15, -0.1) is 0 Å². The maximum absolute atomic E-state index is 8.73. The number of benzene rings is 1. The van der Waals surface area contributed by atoms with Crippen LogP contribution in [0.1, 0.15) is 24.9 Å². The molecule has 3 heteroatoms. The molecule has 0 aliphatic carbocycles. The summed E-state index contributed by atoms with van der Waals surface area (Å²) in [5, 5.41) is 10.6. The lowest BCUT2D eigenvalue weighted by atomic mass is 10.1. The van der Waals surface area contributed by atoms with Crippen molar-refractivity contribution in [1.29, 1.82) is 5.26 Å². The van der Waals surface area contributed by atoms with Crippen LogP contribution in [0, 0.1) is 11.3 Å². The van der Waals surface area contributed by atoms with Crippen molar-refractivity contribution in [3.8, 4) is 6.07 Å². The summed E-state index contributed by atoms with van der Waals surface area (Å²) in [6.45, 7) is 2.92. The molecular formula is C12H14N2O. The topological polar surface area (TPSA) is 36.3 Å². The quantitative estimate of drug-likeness (QED) is 0.738. The van der Waals surface area contributed by atoms with Crippen molar-refractivity contribution < 1.29 is 4.84 Å². The predicted octanol–water partition coefficient (Wildman–Crippen LogP) is 2.28. The third kappa shape index (κ3) is 2.17. The highest BCUT2D eigenvalue weighted by molar-refractivity contribution is 5.18. The Labute approximate surface area is 89.8 Å². The summed E-state index contributed by atoms with van der Waals surface area (Å²) < 4.78 is 0. The van der Waals surface area contributed by atoms with Crippen molar-refractivity contribution in [2.75, 3.05) is 6.54 Å². The van der Waals surface area contributed by atoms with Gasteiger partial charge in [-0.1, -0.05) is 30.3 Å². The highest BCUT2D eigenvalue weighted by Crippen LogP contribution is 2.25. The Bertz CT molecular complexity index is 358. The SMILES string of the molecule is CC(c1ccccc1)N1CCC(C#N)O1. The Hall–Kier alpha value is -1.37. The van der Waals surface area contributed by atoms with E-state index in [9.17, 15) is 0 Å². The van der Waals surface area contributed by atoms with Crippen LogP contribution >= 0.6 is 0 Å². The molecular weight excluding hydrogens is 188 g/mol. The van der Waals surface area contributed by atoms with Crippen molar-refractivity contribution >= 4 is 0 Å². The molecule has 0 radical (unpaired) electrons. The smallest absolute Gasteiger partial charge is 0.166 e. The molecule has 2 rings (SSSR count). The number of rotatable bonds is 2. The first kappa shape index (κ1) is 10.2. The minimum absolute atomic E-state index is 0.213. The molecule has 0 aromatic heterocycles. The van der Waals surface area contributed by atoms with E-state index in [4.69, 9.17) is 10.1 Å². The van der Waals surface area contributed by atoms with Gasteiger partial charge in [-0.05, 0) is 12.5 Å². The van der Waals surface area contributed by atoms with Gasteiger partial charge in [0.2, 0.25) is 0 Å². The Kier molecular flexibility index (Phi) is 3.00. The molecule has 1 aromatic rings. The number of hydroxylamine groups is 2. The average molecular weight is 202 g/mol. The third-order valence-electron chi connectivity index (χ3n) is 2.73. The van der Waals surface area contributed by atoms with Crippen LogP contribution < -0.4 is 0 Å². The van der Waals surface area contributed by atoms with Gasteiger partial charge in [-0.2, -0.15) is 10.3 Å². The minimum Gasteiger partial charge on any atom is -0.280 e. The molecule has 1 heterocycles. The fourth-order valence-corrected chi connectivity index (χ4v) is 1.78. The summed E-state index contributed by atoms with van der Waals surface area (Å²) in [7, 11) is 0. The third-order valence-corrected chi connectivity index (χ3v) is 2.73. The van der Waals surface area contributed by atoms with Crippen LogP contribution in [-0.2, 0) is 4.84 Å². The second kappa shape index (κ2) is 4.43. The molecule has 3 nitrogen and oxygen atoms in total. The van der Waals surface area contributed by atoms with Gasteiger partial charge < -0.3 is 0 Å². The van der Waals surface area contributed by atoms with E-state index in [0.717, 1.165) is 13.0 Å². The van der Waals surface area contributed by atoms with Crippen LogP contribution in [0.5, 0.6) is 0 Å². The van der Waals surface area contributed by atoms with Gasteiger partial charge in [0.15, 0.2) is 6.10 Å². The normalized spacial score (nSPS) is 23.6. The zero-order chi connectivity index (χ0) is 10.7. The lowest BCUT2D eigenvalue weighted by Crippen LogP contribution is -2.23. The van der Waals surface area contributed by atoms with E-state index in [1.807, 2.05) is 23.3 Å². The number of hydrogen-bond donors (Lipinski definition) is 0. The van der Waals surface area contributed by atoms with Crippen LogP contribution in [0.3, 0.4) is 0 Å². The van der Waals surface area contributed by atoms with Crippen molar-refractivity contribution in [2.45, 2.75) is 25.5 Å². The van der Waals surface area contributed by atoms with E-state index in [0.29, 0.717) is 0 Å². The molecule has 0 bridgehead atoms. The summed E-state index contributed by atoms with van der Waals surface area (Å²) >= 11 is 0. The molecule has 78 valence electrons. The van der Waals surface area contributed by atoms with E-state index in [-0.39, 0.29) is 12.1 Å². The van der Waals surface area contributed by atoms with Crippen molar-refractivity contribution in [1.82, 2.24) is 5.06 Å². The monoisotopic (exact) mass is 202 g/mol. The van der Waals surface area contributed by atoms with Gasteiger partial charge in [0, 0.05) is 13.0 Å². The summed E-state index contributed by atoms with van der Waals surface area (Å²) in [5.41, 5.74) is 1.22. The highest BCUT2D eigenvalue weighted by Gasteiger charge is 2.27. The van der Waals surface area contributed by atoms with Gasteiger partial charge >= 0.3 is 0 Å². The first-order chi connectivity index (χ1) is 7.31. The van der Waals surface area contributed by atoms with Gasteiger partial charge in [0.1, 0.15) is 0 Å². The Morgan fingerprint density at radius 2 is 2.20 bits per heavy atom. The van der Waals surface area contributed by atoms with Crippen molar-refractivity contribution in [2.24, 2.45) is 0 Å². The zero-order valence-electron chi connectivity index (χ0n) is 8.76. The lowest BCUT2D eigenvalue weighted by Gasteiger charge is -2.22. The van der Waals surface area contributed by atoms with E-state index in [2.05, 4.69) is 25.1 Å². The predicted molar refractivity (Wildman–Crippen MR) is 56.7 cm³/mol. The standard InChI is InChI=1S/C12H14N2O/c1-10(11-5-3-2-4-6-11)14-8-7-12(9-13)15-14/h2-6,10,12H,7-8H2,1H3. The van der Waals surface area contributed by atoms with Gasteiger partial charge in [0.05, 0.1) is 12.1 Å². The second-order valence-corrected chi connectivity index (χ2v) is 3.74. The number of hydrogen-bond acceptors (Lipinski definition) is 3. The molecule has 1 aliphatic rings. The summed E-state index contributed by atoms with van der Waals surface area (Å²) in [6.07, 6.45) is 0.532. The molecule has 1 aromatic carbocycles. The Morgan fingerprint density at radius 1 is 1.47 bits per heavy atom. The van der Waals surface area contributed by atoms with Crippen molar-refractivity contribution in [3.63, 3.8) is 0 Å². The van der Waals surface area contributed by atoms with Gasteiger partial charge in [-0.25, -0.2) is 0 Å². The molecule has 0 amide bonds. The molecule has 0 N–H and O–H groups in total. The van der Waals surface area contributed by atoms with Crippen molar-refractivity contribution in [3.05, 3.63) is 35.9 Å². The van der Waals surface area contributed by atoms with Crippen LogP contribution in [-0.4, -0.2) is 17.7 Å². The average Bonchev–Trinajstić information content (AvgIpc) is 2.78. The van der Waals surface area contributed by atoms with Crippen LogP contribution in [0.25, 0.3) is 0 Å². The number of nitrogens with zero attached hydrogens (tertiary/aromatic N) is 2. The highest BCUT2D eigenvalue weighted by atomic mass is 16.7. The van der Waals surface area contributed by atoms with Crippen LogP contribution in [0.4, 0.5) is 0 Å². The molecule has 1 saturated heterocycles. The fraction of sp³-hybridized carbons (Fsp3) is 0.417. The molecule has 0 saturated carbocycles. The van der Waals surface area contributed by atoms with E-state index >= 15 is 0 Å². The van der Waals surface area contributed by atoms with E-state index < -0.39 is 0 Å². The first-order valence-corrected chi connectivity index (χ1v) is 5.19. The minimum atomic E-state index is -0.267. The summed E-state index contributed by atoms with van der Waals surface area (Å²) in [6, 6.07) is 12.5. The first-order valence-electron chi connectivity index (χ1n) is 5.19. The summed E-state index contributed by atoms with van der Waals surface area (Å²) in [5.74, 6) is 0. The molecule has 2 atom stereocenters. The maximum Gasteiger partial charge on any atom is 0.166 e. The summed E-state index contributed by atoms with van der Waals surface area (Å²) in [4.78, 5) is 5.50. The second-order valence-electron chi connectivity index (χ2n) is 3.74.